The van der Waals surface area contributed by atoms with Gasteiger partial charge in [-0.3, -0.25) is 0 Å². The van der Waals surface area contributed by atoms with Crippen LogP contribution >= 0.6 is 11.8 Å². The molecule has 1 aliphatic heterocycles. The van der Waals surface area contributed by atoms with Gasteiger partial charge in [0, 0.05) is 29.8 Å². The maximum atomic E-state index is 3.73. The second kappa shape index (κ2) is 6.65. The zero-order valence-electron chi connectivity index (χ0n) is 12.7. The number of nitrogens with zero attached hydrogens (tertiary/aromatic N) is 1. The fourth-order valence-electron chi connectivity index (χ4n) is 2.79. The van der Waals surface area contributed by atoms with Gasteiger partial charge in [0.05, 0.1) is 0 Å². The SMILES string of the molecule is CN(C)Cc1ccccc1CNC1CSc2ccccc21. The van der Waals surface area contributed by atoms with E-state index >= 15 is 0 Å². The lowest BCUT2D eigenvalue weighted by molar-refractivity contribution is 0.400. The van der Waals surface area contributed by atoms with Gasteiger partial charge in [-0.2, -0.15) is 0 Å². The predicted octanol–water partition coefficient (Wildman–Crippen LogP) is 3.68. The van der Waals surface area contributed by atoms with E-state index in [9.17, 15) is 0 Å². The second-order valence-corrected chi connectivity index (χ2v) is 6.85. The lowest BCUT2D eigenvalue weighted by Gasteiger charge is -2.17. The highest BCUT2D eigenvalue weighted by molar-refractivity contribution is 7.99. The average molecular weight is 298 g/mol. The monoisotopic (exact) mass is 298 g/mol. The van der Waals surface area contributed by atoms with Crippen molar-refractivity contribution in [1.29, 1.82) is 0 Å². The molecule has 110 valence electrons. The number of fused-ring (bicyclic) bond motifs is 1. The summed E-state index contributed by atoms with van der Waals surface area (Å²) in [5.74, 6) is 1.13. The van der Waals surface area contributed by atoms with Crippen LogP contribution in [0.2, 0.25) is 0 Å². The van der Waals surface area contributed by atoms with Crippen LogP contribution in [0.4, 0.5) is 0 Å². The molecule has 0 aromatic heterocycles. The van der Waals surface area contributed by atoms with Gasteiger partial charge in [0.15, 0.2) is 0 Å². The molecule has 0 amide bonds. The van der Waals surface area contributed by atoms with Crippen LogP contribution in [-0.2, 0) is 13.1 Å². The van der Waals surface area contributed by atoms with Crippen LogP contribution in [0.25, 0.3) is 0 Å². The Balaban J connectivity index is 1.69. The molecule has 0 saturated heterocycles. The molecule has 1 atom stereocenters. The van der Waals surface area contributed by atoms with Crippen LogP contribution < -0.4 is 5.32 Å². The molecule has 2 nitrogen and oxygen atoms in total. The summed E-state index contributed by atoms with van der Waals surface area (Å²) in [5.41, 5.74) is 4.27. The van der Waals surface area contributed by atoms with Gasteiger partial charge < -0.3 is 10.2 Å². The fourth-order valence-corrected chi connectivity index (χ4v) is 3.99. The minimum atomic E-state index is 0.471. The van der Waals surface area contributed by atoms with E-state index in [1.54, 1.807) is 0 Å². The molecule has 0 spiro atoms. The molecule has 1 heterocycles. The maximum absolute atomic E-state index is 3.73. The minimum Gasteiger partial charge on any atom is -0.305 e. The van der Waals surface area contributed by atoms with Crippen molar-refractivity contribution >= 4 is 11.8 Å². The van der Waals surface area contributed by atoms with Crippen molar-refractivity contribution in [3.05, 3.63) is 65.2 Å². The summed E-state index contributed by atoms with van der Waals surface area (Å²) in [6, 6.07) is 17.9. The van der Waals surface area contributed by atoms with Gasteiger partial charge in [0.2, 0.25) is 0 Å². The highest BCUT2D eigenvalue weighted by Crippen LogP contribution is 2.37. The Bertz CT molecular complexity index is 610. The van der Waals surface area contributed by atoms with E-state index in [0.29, 0.717) is 6.04 Å². The summed E-state index contributed by atoms with van der Waals surface area (Å²) in [7, 11) is 4.24. The fraction of sp³-hybridized carbons (Fsp3) is 0.333. The van der Waals surface area contributed by atoms with E-state index in [1.165, 1.54) is 21.6 Å². The van der Waals surface area contributed by atoms with Crippen molar-refractivity contribution in [3.8, 4) is 0 Å². The molecule has 1 aliphatic rings. The summed E-state index contributed by atoms with van der Waals surface area (Å²) < 4.78 is 0. The van der Waals surface area contributed by atoms with Gasteiger partial charge in [0.1, 0.15) is 0 Å². The first-order valence-electron chi connectivity index (χ1n) is 7.40. The summed E-state index contributed by atoms with van der Waals surface area (Å²) in [6.07, 6.45) is 0. The average Bonchev–Trinajstić information content (AvgIpc) is 2.89. The highest BCUT2D eigenvalue weighted by Gasteiger charge is 2.22. The van der Waals surface area contributed by atoms with Crippen molar-refractivity contribution in [2.75, 3.05) is 19.8 Å². The molecule has 0 bridgehead atoms. The largest absolute Gasteiger partial charge is 0.305 e. The summed E-state index contributed by atoms with van der Waals surface area (Å²) in [4.78, 5) is 3.65. The third-order valence-electron chi connectivity index (χ3n) is 3.84. The van der Waals surface area contributed by atoms with Crippen molar-refractivity contribution < 1.29 is 0 Å². The summed E-state index contributed by atoms with van der Waals surface area (Å²) in [6.45, 7) is 1.93. The first-order valence-corrected chi connectivity index (χ1v) is 8.39. The zero-order chi connectivity index (χ0) is 14.7. The third-order valence-corrected chi connectivity index (χ3v) is 5.03. The highest BCUT2D eigenvalue weighted by atomic mass is 32.2. The van der Waals surface area contributed by atoms with Gasteiger partial charge in [-0.25, -0.2) is 0 Å². The molecule has 21 heavy (non-hydrogen) atoms. The topological polar surface area (TPSA) is 15.3 Å². The lowest BCUT2D eigenvalue weighted by Crippen LogP contribution is -2.22. The smallest absolute Gasteiger partial charge is 0.0429 e. The van der Waals surface area contributed by atoms with Crippen LogP contribution in [0.5, 0.6) is 0 Å². The van der Waals surface area contributed by atoms with E-state index in [0.717, 1.165) is 18.8 Å². The lowest BCUT2D eigenvalue weighted by atomic mass is 10.1. The zero-order valence-corrected chi connectivity index (χ0v) is 13.5. The number of rotatable bonds is 5. The molecule has 0 fully saturated rings. The maximum Gasteiger partial charge on any atom is 0.0429 e. The minimum absolute atomic E-state index is 0.471. The first kappa shape index (κ1) is 14.6. The molecule has 3 heteroatoms. The Hall–Kier alpha value is -1.29. The van der Waals surface area contributed by atoms with Crippen LogP contribution in [0.3, 0.4) is 0 Å². The van der Waals surface area contributed by atoms with Gasteiger partial charge in [-0.05, 0) is 36.9 Å². The van der Waals surface area contributed by atoms with Crippen LogP contribution in [0.15, 0.2) is 53.4 Å². The summed E-state index contributed by atoms with van der Waals surface area (Å²) >= 11 is 1.96. The number of hydrogen-bond acceptors (Lipinski definition) is 3. The predicted molar refractivity (Wildman–Crippen MR) is 90.6 cm³/mol. The summed E-state index contributed by atoms with van der Waals surface area (Å²) in [5, 5.41) is 3.73. The van der Waals surface area contributed by atoms with Gasteiger partial charge in [0.25, 0.3) is 0 Å². The molecule has 0 aliphatic carbocycles. The normalized spacial score (nSPS) is 17.2. The third kappa shape index (κ3) is 3.49. The molecule has 2 aromatic carbocycles. The van der Waals surface area contributed by atoms with Gasteiger partial charge >= 0.3 is 0 Å². The Morgan fingerprint density at radius 2 is 1.76 bits per heavy atom. The van der Waals surface area contributed by atoms with E-state index in [4.69, 9.17) is 0 Å². The van der Waals surface area contributed by atoms with Crippen LogP contribution in [0, 0.1) is 0 Å². The van der Waals surface area contributed by atoms with E-state index in [2.05, 4.69) is 72.8 Å². The van der Waals surface area contributed by atoms with Gasteiger partial charge in [-0.15, -0.1) is 11.8 Å². The number of benzene rings is 2. The Morgan fingerprint density at radius 1 is 1.05 bits per heavy atom. The van der Waals surface area contributed by atoms with Crippen molar-refractivity contribution in [1.82, 2.24) is 10.2 Å². The second-order valence-electron chi connectivity index (χ2n) is 5.79. The standard InChI is InChI=1S/C18H22N2S/c1-20(2)12-15-8-4-3-7-14(15)11-19-17-13-21-18-10-6-5-9-16(17)18/h3-10,17,19H,11-13H2,1-2H3. The molecule has 0 radical (unpaired) electrons. The first-order chi connectivity index (χ1) is 10.2. The van der Waals surface area contributed by atoms with Gasteiger partial charge in [-0.1, -0.05) is 42.5 Å². The van der Waals surface area contributed by atoms with E-state index < -0.39 is 0 Å². The Labute approximate surface area is 131 Å². The number of nitrogens with one attached hydrogen (secondary N) is 1. The molecule has 0 saturated carbocycles. The number of thioether (sulfide) groups is 1. The van der Waals surface area contributed by atoms with E-state index in [-0.39, 0.29) is 0 Å². The van der Waals surface area contributed by atoms with Crippen molar-refractivity contribution in [2.45, 2.75) is 24.0 Å². The quantitative estimate of drug-likeness (QED) is 0.906. The van der Waals surface area contributed by atoms with Crippen LogP contribution in [-0.4, -0.2) is 24.7 Å². The molecule has 1 unspecified atom stereocenters. The molecule has 2 aromatic rings. The molecule has 1 N–H and O–H groups in total. The molecule has 3 rings (SSSR count). The molecular weight excluding hydrogens is 276 g/mol. The number of hydrogen-bond donors (Lipinski definition) is 1. The van der Waals surface area contributed by atoms with Crippen LogP contribution in [0.1, 0.15) is 22.7 Å². The molecular formula is C18H22N2S. The Kier molecular flexibility index (Phi) is 4.63. The Morgan fingerprint density at radius 3 is 2.57 bits per heavy atom. The van der Waals surface area contributed by atoms with Crippen molar-refractivity contribution in [3.63, 3.8) is 0 Å². The van der Waals surface area contributed by atoms with E-state index in [1.807, 2.05) is 11.8 Å². The van der Waals surface area contributed by atoms with Crippen molar-refractivity contribution in [2.24, 2.45) is 0 Å².